The summed E-state index contributed by atoms with van der Waals surface area (Å²) in [6.07, 6.45) is 0. The Labute approximate surface area is 180 Å². The lowest BCUT2D eigenvalue weighted by Crippen LogP contribution is -2.14. The van der Waals surface area contributed by atoms with Crippen LogP contribution in [-0.2, 0) is 15.4 Å². The summed E-state index contributed by atoms with van der Waals surface area (Å²) in [6.45, 7) is 12.2. The number of methoxy groups -OCH3 is 2. The van der Waals surface area contributed by atoms with Crippen molar-refractivity contribution in [3.63, 3.8) is 0 Å². The van der Waals surface area contributed by atoms with E-state index in [0.717, 1.165) is 11.1 Å². The highest BCUT2D eigenvalue weighted by atomic mass is 31.2. The van der Waals surface area contributed by atoms with Crippen LogP contribution >= 0.6 is 8.60 Å². The van der Waals surface area contributed by atoms with Gasteiger partial charge in [0.25, 0.3) is 0 Å². The van der Waals surface area contributed by atoms with Gasteiger partial charge in [0.05, 0.1) is 14.2 Å². The zero-order valence-electron chi connectivity index (χ0n) is 19.3. The minimum atomic E-state index is -2.14. The lowest BCUT2D eigenvalue weighted by molar-refractivity contribution is 0.314. The molecule has 1 unspecified atom stereocenters. The van der Waals surface area contributed by atoms with E-state index in [1.165, 1.54) is 7.11 Å². The maximum atomic E-state index is 11.2. The lowest BCUT2D eigenvalue weighted by Gasteiger charge is -2.28. The number of ether oxygens (including phenoxy) is 2. The Bertz CT molecular complexity index is 896. The molecule has 6 nitrogen and oxygen atoms in total. The van der Waals surface area contributed by atoms with Crippen molar-refractivity contribution in [3.8, 4) is 34.1 Å². The topological polar surface area (TPSA) is 77.4 Å². The third kappa shape index (κ3) is 5.18. The van der Waals surface area contributed by atoms with E-state index in [9.17, 15) is 10.00 Å². The number of benzene rings is 2. The standard InChI is InChI=1S/C23H33O6P/c1-22(2,3)18-12-14(26-7)10-16(20(18)24)17-11-15(27-8)13-19(23(4,5)6)21(17)29-30(25)28-9/h10-13,24-25H,1-9H3. The SMILES string of the molecule is COc1cc(-c2cc(OC)cc(C(C)(C)C)c2OP(O)OC)c(O)c(C(C)(C)C)c1. The minimum Gasteiger partial charge on any atom is -0.507 e. The highest BCUT2D eigenvalue weighted by Gasteiger charge is 2.29. The third-order valence-electron chi connectivity index (χ3n) is 4.85. The fraction of sp³-hybridized carbons (Fsp3) is 0.478. The van der Waals surface area contributed by atoms with Gasteiger partial charge in [0.15, 0.2) is 0 Å². The van der Waals surface area contributed by atoms with Crippen LogP contribution in [0.4, 0.5) is 0 Å². The molecule has 2 aromatic rings. The molecule has 0 amide bonds. The van der Waals surface area contributed by atoms with Crippen molar-refractivity contribution in [2.24, 2.45) is 0 Å². The second kappa shape index (κ2) is 9.01. The van der Waals surface area contributed by atoms with Crippen molar-refractivity contribution < 1.29 is 28.5 Å². The zero-order chi connectivity index (χ0) is 22.9. The molecule has 0 aliphatic rings. The van der Waals surface area contributed by atoms with Gasteiger partial charge < -0.3 is 28.5 Å². The van der Waals surface area contributed by atoms with Crippen LogP contribution in [0.5, 0.6) is 23.0 Å². The van der Waals surface area contributed by atoms with E-state index < -0.39 is 8.60 Å². The van der Waals surface area contributed by atoms with Crippen LogP contribution in [0.3, 0.4) is 0 Å². The molecule has 2 aromatic carbocycles. The average molecular weight is 436 g/mol. The molecular formula is C23H33O6P. The molecule has 0 aliphatic heterocycles. The van der Waals surface area contributed by atoms with Crippen molar-refractivity contribution in [2.75, 3.05) is 21.3 Å². The molecule has 0 heterocycles. The van der Waals surface area contributed by atoms with Crippen LogP contribution in [-0.4, -0.2) is 31.3 Å². The largest absolute Gasteiger partial charge is 0.507 e. The third-order valence-corrected chi connectivity index (χ3v) is 5.50. The molecule has 2 rings (SSSR count). The van der Waals surface area contributed by atoms with Crippen molar-refractivity contribution in [2.45, 2.75) is 52.4 Å². The minimum absolute atomic E-state index is 0.126. The number of rotatable bonds is 6. The summed E-state index contributed by atoms with van der Waals surface area (Å²) in [4.78, 5) is 10.2. The highest BCUT2D eigenvalue weighted by Crippen LogP contribution is 2.51. The molecule has 2 N–H and O–H groups in total. The maximum absolute atomic E-state index is 11.2. The Balaban J connectivity index is 2.95. The van der Waals surface area contributed by atoms with Gasteiger partial charge in [-0.3, -0.25) is 0 Å². The first kappa shape index (κ1) is 24.3. The maximum Gasteiger partial charge on any atom is 0.394 e. The number of phenols is 1. The van der Waals surface area contributed by atoms with Gasteiger partial charge in [-0.25, -0.2) is 0 Å². The van der Waals surface area contributed by atoms with Gasteiger partial charge >= 0.3 is 8.60 Å². The van der Waals surface area contributed by atoms with E-state index in [1.807, 2.05) is 53.7 Å². The molecule has 0 saturated carbocycles. The molecule has 0 saturated heterocycles. The predicted molar refractivity (Wildman–Crippen MR) is 121 cm³/mol. The van der Waals surface area contributed by atoms with Crippen LogP contribution in [0.15, 0.2) is 24.3 Å². The van der Waals surface area contributed by atoms with Crippen molar-refractivity contribution >= 4 is 8.60 Å². The quantitative estimate of drug-likeness (QED) is 0.548. The summed E-state index contributed by atoms with van der Waals surface area (Å²) >= 11 is 0. The first-order chi connectivity index (χ1) is 13.8. The van der Waals surface area contributed by atoms with E-state index in [1.54, 1.807) is 26.4 Å². The molecule has 166 valence electrons. The molecule has 7 heteroatoms. The summed E-state index contributed by atoms with van der Waals surface area (Å²) in [7, 11) is 2.41. The number of phenolic OH excluding ortho intramolecular Hbond substituents is 1. The van der Waals surface area contributed by atoms with Gasteiger partial charge in [0, 0.05) is 29.4 Å². The summed E-state index contributed by atoms with van der Waals surface area (Å²) in [5, 5.41) is 11.2. The second-order valence-electron chi connectivity index (χ2n) is 9.13. The van der Waals surface area contributed by atoms with Gasteiger partial charge in [-0.2, -0.15) is 0 Å². The van der Waals surface area contributed by atoms with Gasteiger partial charge in [0.1, 0.15) is 23.0 Å². The first-order valence-electron chi connectivity index (χ1n) is 9.69. The fourth-order valence-electron chi connectivity index (χ4n) is 3.19. The lowest BCUT2D eigenvalue weighted by atomic mass is 9.81. The normalized spacial score (nSPS) is 13.1. The number of aromatic hydroxyl groups is 1. The van der Waals surface area contributed by atoms with Crippen LogP contribution < -0.4 is 14.0 Å². The summed E-state index contributed by atoms with van der Waals surface area (Å²) in [6, 6.07) is 7.24. The van der Waals surface area contributed by atoms with E-state index in [-0.39, 0.29) is 16.6 Å². The van der Waals surface area contributed by atoms with Gasteiger partial charge in [-0.1, -0.05) is 41.5 Å². The summed E-state index contributed by atoms with van der Waals surface area (Å²) < 4.78 is 21.9. The van der Waals surface area contributed by atoms with Crippen LogP contribution in [0, 0.1) is 0 Å². The van der Waals surface area contributed by atoms with E-state index in [0.29, 0.717) is 28.4 Å². The Morgan fingerprint density at radius 1 is 0.733 bits per heavy atom. The van der Waals surface area contributed by atoms with Gasteiger partial charge in [-0.05, 0) is 35.1 Å². The van der Waals surface area contributed by atoms with Crippen LogP contribution in [0.1, 0.15) is 52.7 Å². The van der Waals surface area contributed by atoms with Crippen molar-refractivity contribution in [3.05, 3.63) is 35.4 Å². The smallest absolute Gasteiger partial charge is 0.394 e. The van der Waals surface area contributed by atoms with Gasteiger partial charge in [-0.15, -0.1) is 0 Å². The molecule has 0 fully saturated rings. The Morgan fingerprint density at radius 2 is 1.20 bits per heavy atom. The van der Waals surface area contributed by atoms with E-state index >= 15 is 0 Å². The molecule has 1 atom stereocenters. The molecule has 0 bridgehead atoms. The monoisotopic (exact) mass is 436 g/mol. The molecule has 0 aliphatic carbocycles. The fourth-order valence-corrected chi connectivity index (χ4v) is 3.62. The van der Waals surface area contributed by atoms with Crippen molar-refractivity contribution in [1.29, 1.82) is 0 Å². The van der Waals surface area contributed by atoms with E-state index in [2.05, 4.69) is 0 Å². The molecule has 0 aromatic heterocycles. The molecule has 0 spiro atoms. The summed E-state index contributed by atoms with van der Waals surface area (Å²) in [5.74, 6) is 1.78. The Hall–Kier alpha value is -2.01. The number of hydrogen-bond acceptors (Lipinski definition) is 6. The van der Waals surface area contributed by atoms with Crippen molar-refractivity contribution in [1.82, 2.24) is 0 Å². The predicted octanol–water partition coefficient (Wildman–Crippen LogP) is 5.92. The Morgan fingerprint density at radius 3 is 1.63 bits per heavy atom. The van der Waals surface area contributed by atoms with Crippen LogP contribution in [0.25, 0.3) is 11.1 Å². The van der Waals surface area contributed by atoms with Gasteiger partial charge in [0.2, 0.25) is 0 Å². The first-order valence-corrected chi connectivity index (χ1v) is 10.8. The second-order valence-corrected chi connectivity index (χ2v) is 10.2. The van der Waals surface area contributed by atoms with Crippen LogP contribution in [0.2, 0.25) is 0 Å². The summed E-state index contributed by atoms with van der Waals surface area (Å²) in [5.41, 5.74) is 2.01. The molecule has 0 radical (unpaired) electrons. The molecular weight excluding hydrogens is 403 g/mol. The number of hydrogen-bond donors (Lipinski definition) is 2. The average Bonchev–Trinajstić information content (AvgIpc) is 2.66. The highest BCUT2D eigenvalue weighted by molar-refractivity contribution is 7.41. The zero-order valence-corrected chi connectivity index (χ0v) is 20.2. The Kier molecular flexibility index (Phi) is 7.28. The van der Waals surface area contributed by atoms with E-state index in [4.69, 9.17) is 18.5 Å². The molecule has 30 heavy (non-hydrogen) atoms.